The van der Waals surface area contributed by atoms with Gasteiger partial charge in [0.05, 0.1) is 0 Å². The average Bonchev–Trinajstić information content (AvgIpc) is 2.28. The van der Waals surface area contributed by atoms with Gasteiger partial charge in [-0.25, -0.2) is 0 Å². The van der Waals surface area contributed by atoms with Crippen LogP contribution in [-0.2, 0) is 71.3 Å². The summed E-state index contributed by atoms with van der Waals surface area (Å²) >= 11 is 1.74. The molecule has 1 aliphatic rings. The first-order chi connectivity index (χ1) is 8.33. The molecule has 1 saturated heterocycles. The first kappa shape index (κ1) is 21.0. The predicted molar refractivity (Wildman–Crippen MR) is 55.7 cm³/mol. The van der Waals surface area contributed by atoms with E-state index in [1.165, 1.54) is 7.86 Å². The summed E-state index contributed by atoms with van der Waals surface area (Å²) in [5.41, 5.74) is 0. The van der Waals surface area contributed by atoms with Crippen molar-refractivity contribution >= 4 is 11.9 Å². The van der Waals surface area contributed by atoms with Crippen molar-refractivity contribution < 1.29 is 81.5 Å². The van der Waals surface area contributed by atoms with Gasteiger partial charge < -0.3 is 10.2 Å². The fraction of sp³-hybridized carbons (Fsp3) is 0.800. The van der Waals surface area contributed by atoms with Crippen molar-refractivity contribution in [2.45, 2.75) is 33.9 Å². The first-order valence-corrected chi connectivity index (χ1v) is 13.3. The van der Waals surface area contributed by atoms with Crippen molar-refractivity contribution in [1.29, 1.82) is 0 Å². The SMILES string of the molecule is CC(=O)O.CC(=O)O.[Hg][CH2]C1COC([CH2][Hg])CO1. The Balaban J connectivity index is 0. The summed E-state index contributed by atoms with van der Waals surface area (Å²) in [6.45, 7) is 3.90. The van der Waals surface area contributed by atoms with Gasteiger partial charge in [-0.05, 0) is 0 Å². The van der Waals surface area contributed by atoms with Crippen LogP contribution >= 0.6 is 0 Å². The Morgan fingerprint density at radius 2 is 1.22 bits per heavy atom. The van der Waals surface area contributed by atoms with E-state index in [1.807, 2.05) is 0 Å². The Bertz CT molecular complexity index is 196. The minimum absolute atomic E-state index is 0.458. The third-order valence-electron chi connectivity index (χ3n) is 1.68. The number of carboxylic acid groups (broad SMARTS) is 2. The van der Waals surface area contributed by atoms with E-state index in [4.69, 9.17) is 29.3 Å². The van der Waals surface area contributed by atoms with Gasteiger partial charge in [-0.3, -0.25) is 9.59 Å². The summed E-state index contributed by atoms with van der Waals surface area (Å²) in [7, 11) is 0. The molecule has 1 fully saturated rings. The number of carboxylic acids is 2. The van der Waals surface area contributed by atoms with E-state index in [0.29, 0.717) is 12.2 Å². The zero-order chi connectivity index (χ0) is 14.6. The van der Waals surface area contributed by atoms with Gasteiger partial charge in [0.2, 0.25) is 0 Å². The Kier molecular flexibility index (Phi) is 16.5. The van der Waals surface area contributed by atoms with E-state index in [1.54, 1.807) is 0 Å². The van der Waals surface area contributed by atoms with Crippen molar-refractivity contribution in [2.24, 2.45) is 0 Å². The van der Waals surface area contributed by atoms with Crippen LogP contribution in [0.25, 0.3) is 0 Å². The molecule has 2 atom stereocenters. The van der Waals surface area contributed by atoms with Gasteiger partial charge in [-0.15, -0.1) is 0 Å². The van der Waals surface area contributed by atoms with Crippen LogP contribution in [0.2, 0.25) is 7.86 Å². The molecule has 0 spiro atoms. The van der Waals surface area contributed by atoms with Crippen molar-refractivity contribution in [3.63, 3.8) is 0 Å². The summed E-state index contributed by atoms with van der Waals surface area (Å²) < 4.78 is 13.7. The topological polar surface area (TPSA) is 93.1 Å². The summed E-state index contributed by atoms with van der Waals surface area (Å²) in [5, 5.41) is 14.8. The number of hydrogen-bond donors (Lipinski definition) is 2. The van der Waals surface area contributed by atoms with Crippen LogP contribution in [0.5, 0.6) is 0 Å². The molecule has 0 aliphatic carbocycles. The molecule has 2 unspecified atom stereocenters. The monoisotopic (exact) mass is 638 g/mol. The van der Waals surface area contributed by atoms with Gasteiger partial charge in [-0.2, -0.15) is 0 Å². The quantitative estimate of drug-likeness (QED) is 0.439. The van der Waals surface area contributed by atoms with Crippen LogP contribution in [0.1, 0.15) is 13.8 Å². The zero-order valence-electron chi connectivity index (χ0n) is 10.9. The second kappa shape index (κ2) is 14.1. The maximum absolute atomic E-state index is 9.00. The van der Waals surface area contributed by atoms with Crippen molar-refractivity contribution in [3.8, 4) is 0 Å². The third kappa shape index (κ3) is 19.1. The number of rotatable bonds is 2. The average molecular weight is 635 g/mol. The molecule has 0 radical (unpaired) electrons. The second-order valence-corrected chi connectivity index (χ2v) is 8.01. The fourth-order valence-electron chi connectivity index (χ4n) is 0.916. The van der Waals surface area contributed by atoms with Crippen molar-refractivity contribution in [2.75, 3.05) is 13.2 Å². The second-order valence-electron chi connectivity index (χ2n) is 3.53. The molecule has 0 aromatic carbocycles. The summed E-state index contributed by atoms with van der Waals surface area (Å²) in [4.78, 5) is 18.0. The molecule has 18 heavy (non-hydrogen) atoms. The molecule has 8 heteroatoms. The van der Waals surface area contributed by atoms with Gasteiger partial charge in [0, 0.05) is 13.8 Å². The van der Waals surface area contributed by atoms with E-state index in [2.05, 4.69) is 0 Å². The molecule has 0 amide bonds. The van der Waals surface area contributed by atoms with Crippen LogP contribution in [0.15, 0.2) is 0 Å². The summed E-state index contributed by atoms with van der Waals surface area (Å²) in [5.74, 6) is -1.67. The molecule has 0 aromatic rings. The first-order valence-electron chi connectivity index (χ1n) is 5.54. The van der Waals surface area contributed by atoms with Gasteiger partial charge in [0.25, 0.3) is 11.9 Å². The van der Waals surface area contributed by atoms with Gasteiger partial charge >= 0.3 is 95.0 Å². The molecular formula is C10H18Hg2O6. The molecule has 1 heterocycles. The normalized spacial score (nSPS) is 21.9. The molecule has 0 bridgehead atoms. The Morgan fingerprint density at radius 3 is 1.33 bits per heavy atom. The van der Waals surface area contributed by atoms with E-state index in [0.717, 1.165) is 79.3 Å². The van der Waals surface area contributed by atoms with Crippen LogP contribution < -0.4 is 0 Å². The summed E-state index contributed by atoms with van der Waals surface area (Å²) in [6.07, 6.45) is 0.916. The Labute approximate surface area is 139 Å². The van der Waals surface area contributed by atoms with Gasteiger partial charge in [-0.1, -0.05) is 0 Å². The predicted octanol–water partition coefficient (Wildman–Crippen LogP) is 0.882. The molecule has 1 rings (SSSR count). The van der Waals surface area contributed by atoms with Gasteiger partial charge in [0.15, 0.2) is 0 Å². The molecule has 0 saturated carbocycles. The van der Waals surface area contributed by atoms with Crippen LogP contribution in [0.4, 0.5) is 0 Å². The zero-order valence-corrected chi connectivity index (χ0v) is 21.9. The molecule has 6 nitrogen and oxygen atoms in total. The van der Waals surface area contributed by atoms with Crippen LogP contribution in [-0.4, -0.2) is 47.6 Å². The maximum atomic E-state index is 9.00. The number of ether oxygens (including phenoxy) is 2. The molecule has 98 valence electrons. The fourth-order valence-corrected chi connectivity index (χ4v) is 3.51. The molecule has 0 aromatic heterocycles. The van der Waals surface area contributed by atoms with Crippen LogP contribution in [0.3, 0.4) is 0 Å². The third-order valence-corrected chi connectivity index (χ3v) is 6.69. The summed E-state index contributed by atoms with van der Waals surface area (Å²) in [6, 6.07) is 0. The molecule has 2 N–H and O–H groups in total. The van der Waals surface area contributed by atoms with Crippen molar-refractivity contribution in [3.05, 3.63) is 0 Å². The number of carbonyl (C=O) groups is 2. The molecular weight excluding hydrogens is 617 g/mol. The van der Waals surface area contributed by atoms with E-state index in [-0.39, 0.29) is 0 Å². The molecule has 1 aliphatic heterocycles. The van der Waals surface area contributed by atoms with Crippen molar-refractivity contribution in [1.82, 2.24) is 0 Å². The standard InChI is InChI=1S/C6H10O2.2C2H4O2.2Hg/c1-5-3-8-6(2)4-7-5;2*1-2(3)4;;/h5-6H,1-4H2;2*1H3,(H,3,4);;. The van der Waals surface area contributed by atoms with Crippen LogP contribution in [0, 0.1) is 0 Å². The van der Waals surface area contributed by atoms with E-state index >= 15 is 0 Å². The van der Waals surface area contributed by atoms with E-state index in [9.17, 15) is 0 Å². The number of hydrogen-bond acceptors (Lipinski definition) is 4. The van der Waals surface area contributed by atoms with Gasteiger partial charge in [0.1, 0.15) is 0 Å². The minimum atomic E-state index is -0.833. The Hall–Kier alpha value is 0.730. The van der Waals surface area contributed by atoms with E-state index < -0.39 is 11.9 Å². The Morgan fingerprint density at radius 1 is 1.00 bits per heavy atom. The number of aliphatic carboxylic acids is 2.